The Morgan fingerprint density at radius 2 is 1.88 bits per heavy atom. The van der Waals surface area contributed by atoms with Crippen LogP contribution in [0.15, 0.2) is 24.3 Å². The van der Waals surface area contributed by atoms with Gasteiger partial charge < -0.3 is 10.1 Å². The molecular formula is C11H10N2O4. The molecule has 2 N–H and O–H groups in total. The minimum Gasteiger partial charge on any atom is -0.497 e. The van der Waals surface area contributed by atoms with Crippen LogP contribution in [-0.2, 0) is 15.1 Å². The van der Waals surface area contributed by atoms with Crippen molar-refractivity contribution in [2.75, 3.05) is 7.11 Å². The van der Waals surface area contributed by atoms with Crippen LogP contribution in [0, 0.1) is 0 Å². The summed E-state index contributed by atoms with van der Waals surface area (Å²) in [5.74, 6) is -0.0813. The second kappa shape index (κ2) is 3.89. The Bertz CT molecular complexity index is 483. The first-order valence-electron chi connectivity index (χ1n) is 4.87. The number of benzene rings is 1. The molecule has 0 aliphatic carbocycles. The molecule has 3 amide bonds. The number of imide groups is 1. The van der Waals surface area contributed by atoms with E-state index in [1.54, 1.807) is 24.3 Å². The topological polar surface area (TPSA) is 84.5 Å². The van der Waals surface area contributed by atoms with Gasteiger partial charge in [0.15, 0.2) is 6.29 Å². The Morgan fingerprint density at radius 3 is 2.29 bits per heavy atom. The van der Waals surface area contributed by atoms with Crippen LogP contribution in [0.25, 0.3) is 0 Å². The average Bonchev–Trinajstić information content (AvgIpc) is 2.65. The van der Waals surface area contributed by atoms with E-state index in [0.717, 1.165) is 0 Å². The molecule has 1 heterocycles. The zero-order valence-corrected chi connectivity index (χ0v) is 9.02. The summed E-state index contributed by atoms with van der Waals surface area (Å²) >= 11 is 0. The second-order valence-corrected chi connectivity index (χ2v) is 3.56. The van der Waals surface area contributed by atoms with Crippen molar-refractivity contribution in [1.82, 2.24) is 10.6 Å². The van der Waals surface area contributed by atoms with Crippen molar-refractivity contribution in [2.24, 2.45) is 0 Å². The van der Waals surface area contributed by atoms with Crippen molar-refractivity contribution in [3.63, 3.8) is 0 Å². The van der Waals surface area contributed by atoms with Gasteiger partial charge >= 0.3 is 6.03 Å². The van der Waals surface area contributed by atoms with Crippen LogP contribution in [0.5, 0.6) is 5.75 Å². The van der Waals surface area contributed by atoms with Crippen molar-refractivity contribution in [1.29, 1.82) is 0 Å². The maximum absolute atomic E-state index is 11.6. The molecule has 0 aromatic heterocycles. The van der Waals surface area contributed by atoms with E-state index in [1.807, 2.05) is 5.32 Å². The summed E-state index contributed by atoms with van der Waals surface area (Å²) < 4.78 is 4.97. The molecule has 6 nitrogen and oxygen atoms in total. The molecule has 17 heavy (non-hydrogen) atoms. The minimum absolute atomic E-state index is 0.386. The molecule has 2 rings (SSSR count). The molecule has 0 unspecified atom stereocenters. The maximum atomic E-state index is 11.6. The summed E-state index contributed by atoms with van der Waals surface area (Å²) in [5.41, 5.74) is -1.25. The minimum atomic E-state index is -1.64. The molecular weight excluding hydrogens is 224 g/mol. The van der Waals surface area contributed by atoms with Crippen LogP contribution < -0.4 is 15.4 Å². The van der Waals surface area contributed by atoms with Gasteiger partial charge in [0.25, 0.3) is 5.91 Å². The normalized spacial score (nSPS) is 22.9. The van der Waals surface area contributed by atoms with Crippen LogP contribution in [0.3, 0.4) is 0 Å². The lowest BCUT2D eigenvalue weighted by Crippen LogP contribution is -2.45. The van der Waals surface area contributed by atoms with E-state index in [4.69, 9.17) is 4.74 Å². The number of amides is 3. The zero-order chi connectivity index (χ0) is 12.5. The number of carbonyl (C=O) groups excluding carboxylic acids is 3. The maximum Gasteiger partial charge on any atom is 0.322 e. The lowest BCUT2D eigenvalue weighted by Gasteiger charge is -2.19. The number of nitrogens with one attached hydrogen (secondary N) is 2. The van der Waals surface area contributed by atoms with Crippen LogP contribution in [-0.4, -0.2) is 25.3 Å². The first-order valence-corrected chi connectivity index (χ1v) is 4.87. The van der Waals surface area contributed by atoms with Gasteiger partial charge in [-0.15, -0.1) is 0 Å². The predicted molar refractivity (Wildman–Crippen MR) is 57.4 cm³/mol. The van der Waals surface area contributed by atoms with E-state index in [2.05, 4.69) is 5.32 Å². The summed E-state index contributed by atoms with van der Waals surface area (Å²) in [6, 6.07) is 5.64. The zero-order valence-electron chi connectivity index (χ0n) is 9.02. The highest BCUT2D eigenvalue weighted by molar-refractivity contribution is 6.15. The summed E-state index contributed by atoms with van der Waals surface area (Å²) in [4.78, 5) is 33.9. The summed E-state index contributed by atoms with van der Waals surface area (Å²) in [7, 11) is 1.51. The number of ether oxygens (including phenoxy) is 1. The summed E-state index contributed by atoms with van der Waals surface area (Å²) in [5, 5.41) is 4.35. The number of methoxy groups -OCH3 is 1. The van der Waals surface area contributed by atoms with E-state index in [1.165, 1.54) is 7.11 Å². The molecule has 1 aliphatic heterocycles. The van der Waals surface area contributed by atoms with E-state index < -0.39 is 17.5 Å². The fraction of sp³-hybridized carbons (Fsp3) is 0.182. The molecule has 0 saturated carbocycles. The number of rotatable bonds is 3. The smallest absolute Gasteiger partial charge is 0.322 e. The van der Waals surface area contributed by atoms with Gasteiger partial charge in [0.05, 0.1) is 7.11 Å². The van der Waals surface area contributed by atoms with Crippen LogP contribution in [0.2, 0.25) is 0 Å². The van der Waals surface area contributed by atoms with Gasteiger partial charge in [-0.2, -0.15) is 0 Å². The van der Waals surface area contributed by atoms with Crippen LogP contribution in [0.1, 0.15) is 5.56 Å². The number of hydrogen-bond acceptors (Lipinski definition) is 4. The third-order valence-electron chi connectivity index (χ3n) is 2.62. The summed E-state index contributed by atoms with van der Waals surface area (Å²) in [6.07, 6.45) is 0.412. The molecule has 0 spiro atoms. The number of carbonyl (C=O) groups is 3. The molecule has 1 saturated heterocycles. The van der Waals surface area contributed by atoms with Crippen LogP contribution >= 0.6 is 0 Å². The molecule has 1 aromatic carbocycles. The standard InChI is InChI=1S/C11H10N2O4/c1-17-8-4-2-7(3-5-8)11(6-14)9(15)12-10(16)13-11/h2-6H,1H3,(H2,12,13,15,16)/t11-/m0/s1. The highest BCUT2D eigenvalue weighted by Gasteiger charge is 2.47. The van der Waals surface area contributed by atoms with Gasteiger partial charge in [-0.25, -0.2) is 4.79 Å². The Balaban J connectivity index is 2.44. The molecule has 1 fully saturated rings. The molecule has 1 aromatic rings. The number of hydrogen-bond donors (Lipinski definition) is 2. The molecule has 0 radical (unpaired) electrons. The highest BCUT2D eigenvalue weighted by atomic mass is 16.5. The van der Waals surface area contributed by atoms with Gasteiger partial charge in [-0.1, -0.05) is 12.1 Å². The molecule has 88 valence electrons. The SMILES string of the molecule is COc1ccc([C@]2(C=O)NC(=O)NC2=O)cc1. The third kappa shape index (κ3) is 1.63. The largest absolute Gasteiger partial charge is 0.497 e. The van der Waals surface area contributed by atoms with E-state index >= 15 is 0 Å². The molecule has 6 heteroatoms. The lowest BCUT2D eigenvalue weighted by molar-refractivity contribution is -0.129. The fourth-order valence-electron chi connectivity index (χ4n) is 1.68. The monoisotopic (exact) mass is 234 g/mol. The van der Waals surface area contributed by atoms with Gasteiger partial charge in [-0.3, -0.25) is 14.9 Å². The first kappa shape index (κ1) is 11.1. The second-order valence-electron chi connectivity index (χ2n) is 3.56. The van der Waals surface area contributed by atoms with Crippen molar-refractivity contribution in [3.05, 3.63) is 29.8 Å². The lowest BCUT2D eigenvalue weighted by atomic mass is 9.92. The quantitative estimate of drug-likeness (QED) is 0.435. The van der Waals surface area contributed by atoms with E-state index in [0.29, 0.717) is 17.6 Å². The van der Waals surface area contributed by atoms with Gasteiger partial charge in [0, 0.05) is 0 Å². The third-order valence-corrected chi connectivity index (χ3v) is 2.62. The Labute approximate surface area is 96.9 Å². The fourth-order valence-corrected chi connectivity index (χ4v) is 1.68. The van der Waals surface area contributed by atoms with Crippen molar-refractivity contribution >= 4 is 18.2 Å². The van der Waals surface area contributed by atoms with Crippen molar-refractivity contribution < 1.29 is 19.1 Å². The van der Waals surface area contributed by atoms with E-state index in [-0.39, 0.29) is 0 Å². The summed E-state index contributed by atoms with van der Waals surface area (Å²) in [6.45, 7) is 0. The van der Waals surface area contributed by atoms with Crippen LogP contribution in [0.4, 0.5) is 4.79 Å². The van der Waals surface area contributed by atoms with Gasteiger partial charge in [0.1, 0.15) is 5.75 Å². The molecule has 1 aliphatic rings. The first-order chi connectivity index (χ1) is 8.12. The Morgan fingerprint density at radius 1 is 1.24 bits per heavy atom. The average molecular weight is 234 g/mol. The van der Waals surface area contributed by atoms with Gasteiger partial charge in [0.2, 0.25) is 5.54 Å². The Hall–Kier alpha value is -2.37. The van der Waals surface area contributed by atoms with Crippen molar-refractivity contribution in [3.8, 4) is 5.75 Å². The number of aldehydes is 1. The predicted octanol–water partition coefficient (Wildman–Crippen LogP) is -0.0712. The Kier molecular flexibility index (Phi) is 2.55. The molecule has 0 bridgehead atoms. The van der Waals surface area contributed by atoms with Crippen molar-refractivity contribution in [2.45, 2.75) is 5.54 Å². The van der Waals surface area contributed by atoms with E-state index in [9.17, 15) is 14.4 Å². The molecule has 1 atom stereocenters. The highest BCUT2D eigenvalue weighted by Crippen LogP contribution is 2.24. The van der Waals surface area contributed by atoms with Gasteiger partial charge in [-0.05, 0) is 17.7 Å². The number of urea groups is 1.